The Kier molecular flexibility index (Phi) is 28.3. The Hall–Kier alpha value is -5.33. The molecule has 3 N–H and O–H groups in total. The quantitative estimate of drug-likeness (QED) is 0.0421. The number of nitrogens with zero attached hydrogens (tertiary/aromatic N) is 3. The monoisotopic (exact) mass is 959 g/mol. The van der Waals surface area contributed by atoms with Crippen LogP contribution >= 0.6 is 11.6 Å². The van der Waals surface area contributed by atoms with Crippen molar-refractivity contribution in [3.05, 3.63) is 119 Å². The molecule has 2 atom stereocenters. The van der Waals surface area contributed by atoms with Crippen molar-refractivity contribution in [3.63, 3.8) is 0 Å². The van der Waals surface area contributed by atoms with Crippen molar-refractivity contribution in [2.45, 2.75) is 166 Å². The molecular weight excluding hydrogens is 876 g/mol. The summed E-state index contributed by atoms with van der Waals surface area (Å²) in [6.45, 7) is 21.5. The normalized spacial score (nSPS) is 11.8. The average molecular weight is 960 g/mol. The minimum absolute atomic E-state index is 0. The molecule has 2 aromatic heterocycles. The van der Waals surface area contributed by atoms with Crippen LogP contribution in [0.15, 0.2) is 85.2 Å². The molecule has 0 saturated carbocycles. The highest BCUT2D eigenvalue weighted by Gasteiger charge is 2.36. The van der Waals surface area contributed by atoms with Crippen molar-refractivity contribution in [2.75, 3.05) is 14.2 Å². The predicted molar refractivity (Wildman–Crippen MR) is 278 cm³/mol. The molecule has 0 spiro atoms. The molecule has 2 heterocycles. The van der Waals surface area contributed by atoms with Gasteiger partial charge in [-0.3, -0.25) is 30.0 Å². The highest BCUT2D eigenvalue weighted by molar-refractivity contribution is 6.68. The number of rotatable bonds is 21. The van der Waals surface area contributed by atoms with Gasteiger partial charge in [0.15, 0.2) is 0 Å². The van der Waals surface area contributed by atoms with Crippen LogP contribution in [-0.4, -0.2) is 64.2 Å². The van der Waals surface area contributed by atoms with Crippen molar-refractivity contribution < 1.29 is 28.7 Å². The molecule has 2 unspecified atom stereocenters. The minimum Gasteiger partial charge on any atom is -0.480 e. The van der Waals surface area contributed by atoms with E-state index in [0.29, 0.717) is 16.7 Å². The summed E-state index contributed by atoms with van der Waals surface area (Å²) in [4.78, 5) is 57.9. The fourth-order valence-corrected chi connectivity index (χ4v) is 7.36. The van der Waals surface area contributed by atoms with Gasteiger partial charge < -0.3 is 9.47 Å². The van der Waals surface area contributed by atoms with Crippen LogP contribution in [0, 0.1) is 10.8 Å². The van der Waals surface area contributed by atoms with Gasteiger partial charge in [0, 0.05) is 29.6 Å². The van der Waals surface area contributed by atoms with Gasteiger partial charge in [0.05, 0.1) is 25.8 Å². The number of unbranched alkanes of at least 4 members (excludes halogenated alkanes) is 6. The van der Waals surface area contributed by atoms with Gasteiger partial charge in [0.25, 0.3) is 23.0 Å². The number of aromatic nitrogens is 2. The zero-order valence-corrected chi connectivity index (χ0v) is 43.1. The Morgan fingerprint density at radius 1 is 0.618 bits per heavy atom. The van der Waals surface area contributed by atoms with Crippen LogP contribution in [0.1, 0.15) is 193 Å². The Labute approximate surface area is 414 Å². The van der Waals surface area contributed by atoms with Crippen molar-refractivity contribution in [1.29, 1.82) is 0 Å². The molecule has 0 fully saturated rings. The maximum Gasteiger partial charge on any atom is 0.278 e. The lowest BCUT2D eigenvalue weighted by Crippen LogP contribution is -2.56. The number of hydrogen-bond donors (Lipinski definition) is 3. The maximum absolute atomic E-state index is 13.8. The van der Waals surface area contributed by atoms with Crippen molar-refractivity contribution in [3.8, 4) is 11.8 Å². The smallest absolute Gasteiger partial charge is 0.278 e. The van der Waals surface area contributed by atoms with Gasteiger partial charge in [0.2, 0.25) is 11.8 Å². The topological polar surface area (TPSA) is 152 Å². The average Bonchev–Trinajstić information content (AvgIpc) is 3.32. The second-order valence-electron chi connectivity index (χ2n) is 18.7. The zero-order chi connectivity index (χ0) is 50.0. The maximum atomic E-state index is 13.8. The van der Waals surface area contributed by atoms with E-state index >= 15 is 0 Å². The van der Waals surface area contributed by atoms with Crippen LogP contribution in [0.2, 0.25) is 0 Å². The second-order valence-corrected chi connectivity index (χ2v) is 19.1. The van der Waals surface area contributed by atoms with E-state index in [9.17, 15) is 19.2 Å². The number of hydrogen-bond acceptors (Lipinski definition) is 9. The van der Waals surface area contributed by atoms with E-state index in [0.717, 1.165) is 56.9 Å². The van der Waals surface area contributed by atoms with Gasteiger partial charge in [-0.05, 0) is 108 Å². The minimum atomic E-state index is -0.560. The first-order chi connectivity index (χ1) is 31.9. The second kappa shape index (κ2) is 31.7. The van der Waals surface area contributed by atoms with Crippen LogP contribution in [0.5, 0.6) is 11.8 Å². The molecule has 4 rings (SSSR count). The van der Waals surface area contributed by atoms with E-state index in [1.807, 2.05) is 36.4 Å². The molecule has 4 aromatic rings. The number of nitrogens with one attached hydrogen (secondary N) is 3. The van der Waals surface area contributed by atoms with Gasteiger partial charge in [0.1, 0.15) is 5.56 Å². The van der Waals surface area contributed by atoms with E-state index in [2.05, 4.69) is 95.5 Å². The fourth-order valence-electron chi connectivity index (χ4n) is 7.21. The largest absolute Gasteiger partial charge is 0.480 e. The van der Waals surface area contributed by atoms with E-state index in [-0.39, 0.29) is 65.4 Å². The molecule has 3 amide bonds. The summed E-state index contributed by atoms with van der Waals surface area (Å²) >= 11 is 5.23. The van der Waals surface area contributed by atoms with E-state index in [1.165, 1.54) is 56.7 Å². The lowest BCUT2D eigenvalue weighted by molar-refractivity contribution is 0.0263. The fraction of sp³-hybridized carbons (Fsp3) is 0.527. The summed E-state index contributed by atoms with van der Waals surface area (Å²) in [7, 11) is 2.93. The summed E-state index contributed by atoms with van der Waals surface area (Å²) in [5, 5.41) is 0.941. The number of aryl methyl sites for hydroxylation is 2. The van der Waals surface area contributed by atoms with Gasteiger partial charge in [-0.2, -0.15) is 0 Å². The van der Waals surface area contributed by atoms with Crippen molar-refractivity contribution in [1.82, 2.24) is 31.3 Å². The molecule has 0 saturated heterocycles. The summed E-state index contributed by atoms with van der Waals surface area (Å²) in [5.41, 5.74) is 13.2. The van der Waals surface area contributed by atoms with Crippen molar-refractivity contribution in [2.24, 2.45) is 10.8 Å². The number of ether oxygens (including phenoxy) is 2. The Bertz CT molecular complexity index is 2080. The van der Waals surface area contributed by atoms with Gasteiger partial charge in [-0.1, -0.05) is 152 Å². The molecule has 12 nitrogen and oxygen atoms in total. The third-order valence-electron chi connectivity index (χ3n) is 11.5. The number of carbonyl (C=O) groups is 4. The number of halogens is 1. The predicted octanol–water partition coefficient (Wildman–Crippen LogP) is 12.8. The Balaban J connectivity index is 0.000000570. The molecule has 376 valence electrons. The molecule has 0 aliphatic heterocycles. The third kappa shape index (κ3) is 20.9. The summed E-state index contributed by atoms with van der Waals surface area (Å²) in [6, 6.07) is 21.9. The number of benzene rings is 2. The van der Waals surface area contributed by atoms with Crippen molar-refractivity contribution >= 4 is 34.6 Å². The molecular formula is C55H83ClN6O6. The zero-order valence-electron chi connectivity index (χ0n) is 42.4. The number of methoxy groups -OCH3 is 2. The van der Waals surface area contributed by atoms with E-state index in [1.54, 1.807) is 42.6 Å². The highest BCUT2D eigenvalue weighted by Crippen LogP contribution is 2.31. The molecule has 0 aliphatic rings. The number of pyridine rings is 2. The number of hydrazine groups is 2. The lowest BCUT2D eigenvalue weighted by Gasteiger charge is -2.40. The molecule has 0 radical (unpaired) electrons. The molecule has 0 bridgehead atoms. The van der Waals surface area contributed by atoms with Crippen LogP contribution in [-0.2, 0) is 12.8 Å². The Morgan fingerprint density at radius 2 is 1.07 bits per heavy atom. The summed E-state index contributed by atoms with van der Waals surface area (Å²) in [6.07, 6.45) is 16.2. The van der Waals surface area contributed by atoms with Gasteiger partial charge in [-0.15, -0.1) is 0 Å². The van der Waals surface area contributed by atoms with E-state index in [4.69, 9.17) is 21.1 Å². The first-order valence-corrected chi connectivity index (χ1v) is 24.3. The standard InChI is InChI=1S/C27H39N3O3.C20H34N2O.C7H6ClNO2.CH4/c1-7-9-10-11-14-23(27(3,4)5)30(26(32)22-13-12-19-28-25(22)33-6)29-24(31)21-17-15-20(8-2)16-18-21;1-6-8-9-10-11-18(20(3,4)5)21-22-19(23)17-14-12-16(7-2)13-15-17;1-11-7-5(6(8)10)3-2-4-9-7;/h12-13,15-19,23H,7-11,14H2,1-6H3,(H,29,31);12-15,18,21H,6-11H2,1-5H3,(H,22,23);2-4H,1H3;1H4. The van der Waals surface area contributed by atoms with E-state index < -0.39 is 5.24 Å². The molecule has 2 aromatic carbocycles. The summed E-state index contributed by atoms with van der Waals surface area (Å²) < 4.78 is 10.1. The van der Waals surface area contributed by atoms with Crippen LogP contribution in [0.4, 0.5) is 0 Å². The van der Waals surface area contributed by atoms with Crippen LogP contribution in [0.3, 0.4) is 0 Å². The number of carbonyl (C=O) groups excluding carboxylic acids is 4. The highest BCUT2D eigenvalue weighted by atomic mass is 35.5. The first-order valence-electron chi connectivity index (χ1n) is 23.9. The molecule has 13 heteroatoms. The molecule has 0 aliphatic carbocycles. The van der Waals surface area contributed by atoms with Gasteiger partial charge >= 0.3 is 0 Å². The lowest BCUT2D eigenvalue weighted by atomic mass is 9.82. The summed E-state index contributed by atoms with van der Waals surface area (Å²) in [5.74, 6) is -0.193. The SMILES string of the molecule is C.CCCCCCC(N(NC(=O)c1ccc(CC)cc1)C(=O)c1cccnc1OC)C(C)(C)C.CCCCCCC(NNC(=O)c1ccc(CC)cc1)C(C)(C)C.COc1ncccc1C(=O)Cl. The Morgan fingerprint density at radius 3 is 1.49 bits per heavy atom. The number of amides is 3. The first kappa shape index (κ1) is 60.7. The molecule has 68 heavy (non-hydrogen) atoms. The van der Waals surface area contributed by atoms with Crippen LogP contribution < -0.4 is 25.8 Å². The van der Waals surface area contributed by atoms with Crippen LogP contribution in [0.25, 0.3) is 0 Å². The van der Waals surface area contributed by atoms with Gasteiger partial charge in [-0.25, -0.2) is 20.4 Å². The third-order valence-corrected chi connectivity index (χ3v) is 11.7.